The van der Waals surface area contributed by atoms with Gasteiger partial charge >= 0.3 is 0 Å². The first-order valence-corrected chi connectivity index (χ1v) is 4.00. The summed E-state index contributed by atoms with van der Waals surface area (Å²) in [5, 5.41) is 27.3. The summed E-state index contributed by atoms with van der Waals surface area (Å²) in [5.41, 5.74) is -0.872. The highest BCUT2D eigenvalue weighted by atomic mass is 16.5. The maximum Gasteiger partial charge on any atom is 0.108 e. The van der Waals surface area contributed by atoms with Crippen molar-refractivity contribution in [1.29, 1.82) is 0 Å². The van der Waals surface area contributed by atoms with Gasteiger partial charge < -0.3 is 20.1 Å². The third-order valence-corrected chi connectivity index (χ3v) is 2.16. The van der Waals surface area contributed by atoms with Gasteiger partial charge in [0.15, 0.2) is 0 Å². The quantitative estimate of drug-likeness (QED) is 0.531. The van der Waals surface area contributed by atoms with Gasteiger partial charge in [-0.25, -0.2) is 0 Å². The van der Waals surface area contributed by atoms with Gasteiger partial charge in [-0.2, -0.15) is 0 Å². The summed E-state index contributed by atoms with van der Waals surface area (Å²) in [4.78, 5) is 0. The van der Waals surface area contributed by atoms with Gasteiger partial charge in [0, 0.05) is 20.1 Å². The van der Waals surface area contributed by atoms with Crippen molar-refractivity contribution in [3.8, 4) is 0 Å². The van der Waals surface area contributed by atoms with E-state index in [1.807, 2.05) is 0 Å². The maximum atomic E-state index is 9.49. The van der Waals surface area contributed by atoms with Crippen LogP contribution in [-0.4, -0.2) is 46.8 Å². The minimum atomic E-state index is -0.977. The predicted octanol–water partition coefficient (Wildman–Crippen LogP) is -0.484. The Morgan fingerprint density at radius 3 is 2.17 bits per heavy atom. The van der Waals surface area contributed by atoms with Gasteiger partial charge in [0.1, 0.15) is 6.10 Å². The first-order valence-electron chi connectivity index (χ1n) is 4.00. The fourth-order valence-electron chi connectivity index (χ4n) is 1.10. The molecule has 74 valence electrons. The molecular weight excluding hydrogens is 160 g/mol. The summed E-state index contributed by atoms with van der Waals surface area (Å²) >= 11 is 0. The van der Waals surface area contributed by atoms with E-state index >= 15 is 0 Å². The van der Waals surface area contributed by atoms with E-state index in [4.69, 9.17) is 14.9 Å². The molecule has 0 amide bonds. The largest absolute Gasteiger partial charge is 0.396 e. The van der Waals surface area contributed by atoms with Crippen molar-refractivity contribution in [3.63, 3.8) is 0 Å². The number of rotatable bonds is 5. The van der Waals surface area contributed by atoms with Crippen LogP contribution in [0.15, 0.2) is 0 Å². The topological polar surface area (TPSA) is 69.9 Å². The van der Waals surface area contributed by atoms with Gasteiger partial charge in [0.25, 0.3) is 0 Å². The van der Waals surface area contributed by atoms with E-state index < -0.39 is 17.8 Å². The second kappa shape index (κ2) is 4.77. The lowest BCUT2D eigenvalue weighted by molar-refractivity contribution is -0.137. The Labute approximate surface area is 72.8 Å². The van der Waals surface area contributed by atoms with Gasteiger partial charge in [-0.15, -0.1) is 0 Å². The molecule has 0 aromatic carbocycles. The zero-order chi connectivity index (χ0) is 9.78. The average Bonchev–Trinajstić information content (AvgIpc) is 2.03. The lowest BCUT2D eigenvalue weighted by Crippen LogP contribution is -2.47. The van der Waals surface area contributed by atoms with Crippen LogP contribution in [0.4, 0.5) is 0 Å². The van der Waals surface area contributed by atoms with Crippen LogP contribution in [0.1, 0.15) is 20.3 Å². The molecule has 0 bridgehead atoms. The van der Waals surface area contributed by atoms with Crippen molar-refractivity contribution in [1.82, 2.24) is 0 Å². The molecule has 0 aromatic heterocycles. The van der Waals surface area contributed by atoms with E-state index in [1.165, 1.54) is 14.0 Å². The van der Waals surface area contributed by atoms with E-state index in [0.717, 1.165) is 0 Å². The Hall–Kier alpha value is -0.160. The summed E-state index contributed by atoms with van der Waals surface area (Å²) in [5.74, 6) is 0. The van der Waals surface area contributed by atoms with Gasteiger partial charge in [-0.05, 0) is 13.8 Å². The average molecular weight is 178 g/mol. The summed E-state index contributed by atoms with van der Waals surface area (Å²) in [6, 6.07) is 0. The fourth-order valence-corrected chi connectivity index (χ4v) is 1.10. The van der Waals surface area contributed by atoms with Crippen molar-refractivity contribution >= 4 is 0 Å². The van der Waals surface area contributed by atoms with Crippen molar-refractivity contribution in [2.45, 2.75) is 38.1 Å². The van der Waals surface area contributed by atoms with E-state index in [0.29, 0.717) is 6.42 Å². The number of methoxy groups -OCH3 is 1. The van der Waals surface area contributed by atoms with Crippen LogP contribution < -0.4 is 0 Å². The Bertz CT molecular complexity index is 126. The van der Waals surface area contributed by atoms with Gasteiger partial charge in [0.05, 0.1) is 11.7 Å². The second-order valence-corrected chi connectivity index (χ2v) is 3.18. The van der Waals surface area contributed by atoms with Crippen LogP contribution >= 0.6 is 0 Å². The molecule has 3 atom stereocenters. The van der Waals surface area contributed by atoms with E-state index in [2.05, 4.69) is 0 Å². The molecule has 0 saturated carbocycles. The number of aliphatic hydroxyl groups excluding tert-OH is 3. The van der Waals surface area contributed by atoms with Gasteiger partial charge in [0.2, 0.25) is 0 Å². The van der Waals surface area contributed by atoms with Crippen LogP contribution in [0.2, 0.25) is 0 Å². The van der Waals surface area contributed by atoms with E-state index in [1.54, 1.807) is 6.92 Å². The normalized spacial score (nSPS) is 21.5. The van der Waals surface area contributed by atoms with Crippen molar-refractivity contribution in [2.75, 3.05) is 13.7 Å². The smallest absolute Gasteiger partial charge is 0.108 e. The molecular formula is C8H18O4. The van der Waals surface area contributed by atoms with Crippen molar-refractivity contribution < 1.29 is 20.1 Å². The Kier molecular flexibility index (Phi) is 4.70. The minimum absolute atomic E-state index is 0.0753. The minimum Gasteiger partial charge on any atom is -0.396 e. The molecule has 0 aliphatic carbocycles. The summed E-state index contributed by atoms with van der Waals surface area (Å²) in [6.45, 7) is 3.06. The molecule has 4 heteroatoms. The van der Waals surface area contributed by atoms with Crippen LogP contribution in [0.3, 0.4) is 0 Å². The zero-order valence-electron chi connectivity index (χ0n) is 7.82. The Morgan fingerprint density at radius 2 is 1.92 bits per heavy atom. The Morgan fingerprint density at radius 1 is 1.42 bits per heavy atom. The molecule has 0 aliphatic heterocycles. The highest BCUT2D eigenvalue weighted by Gasteiger charge is 2.35. The first kappa shape index (κ1) is 11.8. The molecule has 3 N–H and O–H groups in total. The Balaban J connectivity index is 4.28. The molecule has 12 heavy (non-hydrogen) atoms. The van der Waals surface area contributed by atoms with Gasteiger partial charge in [-0.1, -0.05) is 0 Å². The van der Waals surface area contributed by atoms with Crippen LogP contribution in [-0.2, 0) is 4.74 Å². The van der Waals surface area contributed by atoms with Crippen LogP contribution in [0.25, 0.3) is 0 Å². The number of aliphatic hydroxyl groups is 3. The molecule has 0 saturated heterocycles. The lowest BCUT2D eigenvalue weighted by Gasteiger charge is -2.34. The summed E-state index contributed by atoms with van der Waals surface area (Å²) in [6.07, 6.45) is -1.54. The van der Waals surface area contributed by atoms with E-state index in [9.17, 15) is 5.11 Å². The molecule has 4 nitrogen and oxygen atoms in total. The molecule has 0 heterocycles. The highest BCUT2D eigenvalue weighted by molar-refractivity contribution is 4.86. The monoisotopic (exact) mass is 178 g/mol. The van der Waals surface area contributed by atoms with Crippen molar-refractivity contribution in [3.05, 3.63) is 0 Å². The fraction of sp³-hybridized carbons (Fsp3) is 1.00. The van der Waals surface area contributed by atoms with Crippen LogP contribution in [0, 0.1) is 0 Å². The van der Waals surface area contributed by atoms with Crippen LogP contribution in [0.5, 0.6) is 0 Å². The third-order valence-electron chi connectivity index (χ3n) is 2.16. The second-order valence-electron chi connectivity index (χ2n) is 3.18. The number of hydrogen-bond donors (Lipinski definition) is 3. The molecule has 0 fully saturated rings. The molecule has 0 spiro atoms. The third kappa shape index (κ3) is 2.71. The maximum absolute atomic E-state index is 9.49. The summed E-state index contributed by atoms with van der Waals surface area (Å²) in [7, 11) is 1.45. The standard InChI is InChI=1S/C8H18O4/c1-6(10)7(11)8(2,12-3)4-5-9/h6-7,9-11H,4-5H2,1-3H3/t6-,7+,8+/m1/s1. The summed E-state index contributed by atoms with van der Waals surface area (Å²) < 4.78 is 5.03. The molecule has 0 rings (SSSR count). The lowest BCUT2D eigenvalue weighted by atomic mass is 9.92. The first-order chi connectivity index (χ1) is 5.48. The number of ether oxygens (including phenoxy) is 1. The van der Waals surface area contributed by atoms with Crippen molar-refractivity contribution in [2.24, 2.45) is 0 Å². The molecule has 0 radical (unpaired) electrons. The number of hydrogen-bond acceptors (Lipinski definition) is 4. The predicted molar refractivity (Wildman–Crippen MR) is 44.8 cm³/mol. The molecule has 0 aliphatic rings. The highest BCUT2D eigenvalue weighted by Crippen LogP contribution is 2.21. The van der Waals surface area contributed by atoms with E-state index in [-0.39, 0.29) is 6.61 Å². The molecule has 0 unspecified atom stereocenters. The molecule has 0 aromatic rings. The zero-order valence-corrected chi connectivity index (χ0v) is 7.82. The van der Waals surface area contributed by atoms with Gasteiger partial charge in [-0.3, -0.25) is 0 Å². The SMILES string of the molecule is CO[C@@](C)(CCO)[C@@H](O)[C@@H](C)O.